The molecule has 2 nitrogen and oxygen atoms in total. The highest BCUT2D eigenvalue weighted by molar-refractivity contribution is 5.94. The number of hydrogen-bond donors (Lipinski definition) is 1. The van der Waals surface area contributed by atoms with E-state index in [9.17, 15) is 4.79 Å². The van der Waals surface area contributed by atoms with Crippen LogP contribution >= 0.6 is 0 Å². The molecule has 19 heavy (non-hydrogen) atoms. The van der Waals surface area contributed by atoms with E-state index in [1.54, 1.807) is 0 Å². The van der Waals surface area contributed by atoms with Crippen molar-refractivity contribution in [2.75, 3.05) is 6.54 Å². The maximum Gasteiger partial charge on any atom is 0.251 e. The minimum Gasteiger partial charge on any atom is -0.352 e. The summed E-state index contributed by atoms with van der Waals surface area (Å²) in [6, 6.07) is 7.76. The molecule has 1 N–H and O–H groups in total. The molecule has 104 valence electrons. The zero-order chi connectivity index (χ0) is 13.5. The van der Waals surface area contributed by atoms with Crippen LogP contribution in [0.4, 0.5) is 0 Å². The smallest absolute Gasteiger partial charge is 0.251 e. The highest BCUT2D eigenvalue weighted by Crippen LogP contribution is 2.26. The van der Waals surface area contributed by atoms with Crippen LogP contribution < -0.4 is 5.32 Å². The molecule has 1 aliphatic rings. The predicted molar refractivity (Wildman–Crippen MR) is 79.3 cm³/mol. The van der Waals surface area contributed by atoms with Crippen LogP contribution in [0.3, 0.4) is 0 Å². The van der Waals surface area contributed by atoms with Crippen LogP contribution in [-0.2, 0) is 0 Å². The maximum atomic E-state index is 11.9. The van der Waals surface area contributed by atoms with Crippen molar-refractivity contribution in [3.8, 4) is 0 Å². The normalized spacial score (nSPS) is 16.3. The number of nitrogens with one attached hydrogen (secondary N) is 1. The molecular formula is C17H25NO. The lowest BCUT2D eigenvalue weighted by Gasteiger charge is -2.21. The first kappa shape index (κ1) is 14.1. The van der Waals surface area contributed by atoms with E-state index in [2.05, 4.69) is 5.32 Å². The van der Waals surface area contributed by atoms with Crippen LogP contribution in [0.2, 0.25) is 0 Å². The van der Waals surface area contributed by atoms with E-state index in [1.807, 2.05) is 31.2 Å². The van der Waals surface area contributed by atoms with Gasteiger partial charge in [-0.05, 0) is 37.8 Å². The zero-order valence-electron chi connectivity index (χ0n) is 12.0. The minimum absolute atomic E-state index is 0.0589. The predicted octanol–water partition coefficient (Wildman–Crippen LogP) is 4.09. The van der Waals surface area contributed by atoms with Crippen molar-refractivity contribution in [2.24, 2.45) is 5.92 Å². The summed E-state index contributed by atoms with van der Waals surface area (Å²) < 4.78 is 0. The molecule has 0 saturated heterocycles. The Labute approximate surface area is 116 Å². The highest BCUT2D eigenvalue weighted by Gasteiger charge is 2.12. The van der Waals surface area contributed by atoms with Crippen molar-refractivity contribution < 1.29 is 4.79 Å². The van der Waals surface area contributed by atoms with Crippen molar-refractivity contribution in [1.29, 1.82) is 0 Å². The summed E-state index contributed by atoms with van der Waals surface area (Å²) in [6.45, 7) is 2.84. The molecule has 0 aromatic heterocycles. The Morgan fingerprint density at radius 2 is 1.84 bits per heavy atom. The molecule has 1 amide bonds. The van der Waals surface area contributed by atoms with Crippen molar-refractivity contribution in [1.82, 2.24) is 5.32 Å². The van der Waals surface area contributed by atoms with Gasteiger partial charge in [-0.1, -0.05) is 49.8 Å². The summed E-state index contributed by atoms with van der Waals surface area (Å²) in [7, 11) is 0. The third-order valence-electron chi connectivity index (χ3n) is 4.11. The van der Waals surface area contributed by atoms with Crippen molar-refractivity contribution >= 4 is 5.91 Å². The van der Waals surface area contributed by atoms with Gasteiger partial charge in [0.1, 0.15) is 0 Å². The summed E-state index contributed by atoms with van der Waals surface area (Å²) in [6.07, 6.45) is 9.40. The van der Waals surface area contributed by atoms with Gasteiger partial charge < -0.3 is 5.32 Å². The number of amides is 1. The van der Waals surface area contributed by atoms with E-state index >= 15 is 0 Å². The lowest BCUT2D eigenvalue weighted by atomic mass is 9.86. The highest BCUT2D eigenvalue weighted by atomic mass is 16.1. The number of carbonyl (C=O) groups excluding carboxylic acids is 1. The summed E-state index contributed by atoms with van der Waals surface area (Å²) in [5.74, 6) is 0.966. The van der Waals surface area contributed by atoms with Gasteiger partial charge in [0.2, 0.25) is 0 Å². The first-order valence-corrected chi connectivity index (χ1v) is 7.60. The van der Waals surface area contributed by atoms with Crippen LogP contribution in [0, 0.1) is 12.8 Å². The molecule has 2 rings (SSSR count). The fourth-order valence-corrected chi connectivity index (χ4v) is 2.88. The van der Waals surface area contributed by atoms with Crippen LogP contribution in [0.15, 0.2) is 24.3 Å². The molecule has 1 saturated carbocycles. The lowest BCUT2D eigenvalue weighted by Crippen LogP contribution is -2.25. The molecule has 0 heterocycles. The van der Waals surface area contributed by atoms with Gasteiger partial charge in [-0.2, -0.15) is 0 Å². The first-order valence-electron chi connectivity index (χ1n) is 7.60. The minimum atomic E-state index is 0.0589. The first-order chi connectivity index (χ1) is 9.25. The molecule has 1 aromatic rings. The van der Waals surface area contributed by atoms with Crippen LogP contribution in [0.25, 0.3) is 0 Å². The van der Waals surface area contributed by atoms with E-state index < -0.39 is 0 Å². The fourth-order valence-electron chi connectivity index (χ4n) is 2.88. The Bertz CT molecular complexity index is 390. The Hall–Kier alpha value is -1.31. The SMILES string of the molecule is Cc1ccc(C(=O)NCCCC2CCCCC2)cc1. The molecule has 1 aliphatic carbocycles. The van der Waals surface area contributed by atoms with Gasteiger partial charge in [-0.25, -0.2) is 0 Å². The second-order valence-corrected chi connectivity index (χ2v) is 5.77. The summed E-state index contributed by atoms with van der Waals surface area (Å²) in [5.41, 5.74) is 1.96. The Kier molecular flexibility index (Phi) is 5.44. The summed E-state index contributed by atoms with van der Waals surface area (Å²) in [5, 5.41) is 3.02. The van der Waals surface area contributed by atoms with Gasteiger partial charge in [0.15, 0.2) is 0 Å². The Balaban J connectivity index is 1.64. The van der Waals surface area contributed by atoms with Gasteiger partial charge in [0, 0.05) is 12.1 Å². The van der Waals surface area contributed by atoms with Gasteiger partial charge in [-0.3, -0.25) is 4.79 Å². The zero-order valence-corrected chi connectivity index (χ0v) is 12.0. The number of benzene rings is 1. The number of rotatable bonds is 5. The molecule has 2 heteroatoms. The van der Waals surface area contributed by atoms with Crippen LogP contribution in [-0.4, -0.2) is 12.5 Å². The molecule has 0 spiro atoms. The standard InChI is InChI=1S/C17H25NO/c1-14-9-11-16(12-10-14)17(19)18-13-5-8-15-6-3-2-4-7-15/h9-12,15H,2-8,13H2,1H3,(H,18,19). The Morgan fingerprint density at radius 1 is 1.16 bits per heavy atom. The second-order valence-electron chi connectivity index (χ2n) is 5.77. The largest absolute Gasteiger partial charge is 0.352 e. The van der Waals surface area contributed by atoms with Crippen LogP contribution in [0.5, 0.6) is 0 Å². The molecule has 0 radical (unpaired) electrons. The number of carbonyl (C=O) groups is 1. The third kappa shape index (κ3) is 4.70. The molecule has 1 aromatic carbocycles. The fraction of sp³-hybridized carbons (Fsp3) is 0.588. The molecule has 0 bridgehead atoms. The quantitative estimate of drug-likeness (QED) is 0.793. The summed E-state index contributed by atoms with van der Waals surface area (Å²) >= 11 is 0. The maximum absolute atomic E-state index is 11.9. The van der Waals surface area contributed by atoms with Crippen LogP contribution in [0.1, 0.15) is 60.9 Å². The monoisotopic (exact) mass is 259 g/mol. The van der Waals surface area contributed by atoms with E-state index in [-0.39, 0.29) is 5.91 Å². The molecule has 1 fully saturated rings. The van der Waals surface area contributed by atoms with Gasteiger partial charge in [0.25, 0.3) is 5.91 Å². The number of hydrogen-bond acceptors (Lipinski definition) is 1. The van der Waals surface area contributed by atoms with Crippen molar-refractivity contribution in [3.05, 3.63) is 35.4 Å². The second kappa shape index (κ2) is 7.32. The summed E-state index contributed by atoms with van der Waals surface area (Å²) in [4.78, 5) is 11.9. The average Bonchev–Trinajstić information content (AvgIpc) is 2.45. The Morgan fingerprint density at radius 3 is 2.53 bits per heavy atom. The molecular weight excluding hydrogens is 234 g/mol. The number of aryl methyl sites for hydroxylation is 1. The van der Waals surface area contributed by atoms with Gasteiger partial charge in [-0.15, -0.1) is 0 Å². The van der Waals surface area contributed by atoms with Gasteiger partial charge in [0.05, 0.1) is 0 Å². The topological polar surface area (TPSA) is 29.1 Å². The van der Waals surface area contributed by atoms with E-state index in [1.165, 1.54) is 44.1 Å². The van der Waals surface area contributed by atoms with Crippen molar-refractivity contribution in [2.45, 2.75) is 51.9 Å². The van der Waals surface area contributed by atoms with Crippen molar-refractivity contribution in [3.63, 3.8) is 0 Å². The van der Waals surface area contributed by atoms with E-state index in [0.29, 0.717) is 0 Å². The average molecular weight is 259 g/mol. The van der Waals surface area contributed by atoms with Gasteiger partial charge >= 0.3 is 0 Å². The van der Waals surface area contributed by atoms with E-state index in [0.717, 1.165) is 24.4 Å². The third-order valence-corrected chi connectivity index (χ3v) is 4.11. The molecule has 0 unspecified atom stereocenters. The lowest BCUT2D eigenvalue weighted by molar-refractivity contribution is 0.0952. The van der Waals surface area contributed by atoms with E-state index in [4.69, 9.17) is 0 Å². The molecule has 0 aliphatic heterocycles. The molecule has 0 atom stereocenters.